The first kappa shape index (κ1) is 19.4. The van der Waals surface area contributed by atoms with Crippen LogP contribution < -0.4 is 11.1 Å². The number of carbonyl (C=O) groups is 1. The summed E-state index contributed by atoms with van der Waals surface area (Å²) in [5.41, 5.74) is 7.98. The Morgan fingerprint density at radius 1 is 1.26 bits per heavy atom. The second kappa shape index (κ2) is 8.11. The van der Waals surface area contributed by atoms with E-state index in [0.717, 1.165) is 35.9 Å². The fraction of sp³-hybridized carbons (Fsp3) is 0.333. The van der Waals surface area contributed by atoms with E-state index in [0.29, 0.717) is 5.02 Å². The number of nitrogens with zero attached hydrogens (tertiary/aromatic N) is 1. The van der Waals surface area contributed by atoms with E-state index >= 15 is 0 Å². The summed E-state index contributed by atoms with van der Waals surface area (Å²) in [5, 5.41) is 12.1. The lowest BCUT2D eigenvalue weighted by molar-refractivity contribution is -0.126. The zero-order valence-corrected chi connectivity index (χ0v) is 16.4. The van der Waals surface area contributed by atoms with Gasteiger partial charge in [-0.15, -0.1) is 0 Å². The van der Waals surface area contributed by atoms with Gasteiger partial charge in [-0.1, -0.05) is 41.9 Å². The SMILES string of the molecule is CC(C)(N)C(=O)NC(CCCc1ccccc1)c1[nH]nc2ccc(Cl)cc12. The van der Waals surface area contributed by atoms with Crippen LogP contribution in [0.4, 0.5) is 0 Å². The third kappa shape index (κ3) is 4.87. The molecule has 0 bridgehead atoms. The zero-order valence-electron chi connectivity index (χ0n) is 15.6. The molecule has 0 spiro atoms. The Morgan fingerprint density at radius 3 is 2.70 bits per heavy atom. The highest BCUT2D eigenvalue weighted by Crippen LogP contribution is 2.28. The Bertz CT molecular complexity index is 915. The molecular formula is C21H25ClN4O. The van der Waals surface area contributed by atoms with Crippen LogP contribution in [-0.2, 0) is 11.2 Å². The Hall–Kier alpha value is -2.37. The zero-order chi connectivity index (χ0) is 19.4. The molecule has 5 nitrogen and oxygen atoms in total. The molecule has 4 N–H and O–H groups in total. The summed E-state index contributed by atoms with van der Waals surface area (Å²) in [5.74, 6) is -0.197. The Kier molecular flexibility index (Phi) is 5.82. The number of aromatic nitrogens is 2. The van der Waals surface area contributed by atoms with Gasteiger partial charge in [0.25, 0.3) is 0 Å². The van der Waals surface area contributed by atoms with Crippen LogP contribution in [0.15, 0.2) is 48.5 Å². The topological polar surface area (TPSA) is 83.8 Å². The Labute approximate surface area is 164 Å². The van der Waals surface area contributed by atoms with Gasteiger partial charge in [0.1, 0.15) is 0 Å². The van der Waals surface area contributed by atoms with Crippen molar-refractivity contribution in [3.8, 4) is 0 Å². The Balaban J connectivity index is 1.82. The monoisotopic (exact) mass is 384 g/mol. The molecule has 0 saturated carbocycles. The first-order valence-corrected chi connectivity index (χ1v) is 9.49. The van der Waals surface area contributed by atoms with E-state index in [9.17, 15) is 4.79 Å². The third-order valence-electron chi connectivity index (χ3n) is 4.59. The number of rotatable bonds is 7. The number of H-pyrrole nitrogens is 1. The van der Waals surface area contributed by atoms with Crippen LogP contribution in [0.1, 0.15) is 44.0 Å². The van der Waals surface area contributed by atoms with Crippen LogP contribution in [0.2, 0.25) is 5.02 Å². The number of hydrogen-bond acceptors (Lipinski definition) is 3. The number of aryl methyl sites for hydroxylation is 1. The first-order valence-electron chi connectivity index (χ1n) is 9.12. The average Bonchev–Trinajstić information content (AvgIpc) is 3.03. The third-order valence-corrected chi connectivity index (χ3v) is 4.82. The van der Waals surface area contributed by atoms with Gasteiger partial charge < -0.3 is 11.1 Å². The minimum Gasteiger partial charge on any atom is -0.346 e. The molecule has 0 radical (unpaired) electrons. The van der Waals surface area contributed by atoms with Gasteiger partial charge >= 0.3 is 0 Å². The molecule has 0 aliphatic heterocycles. The normalized spacial score (nSPS) is 12.9. The van der Waals surface area contributed by atoms with Gasteiger partial charge in [0.15, 0.2) is 0 Å². The highest BCUT2D eigenvalue weighted by molar-refractivity contribution is 6.31. The quantitative estimate of drug-likeness (QED) is 0.572. The fourth-order valence-corrected chi connectivity index (χ4v) is 3.23. The summed E-state index contributed by atoms with van der Waals surface area (Å²) in [6, 6.07) is 15.6. The van der Waals surface area contributed by atoms with E-state index in [2.05, 4.69) is 27.6 Å². The lowest BCUT2D eigenvalue weighted by Crippen LogP contribution is -2.50. The maximum absolute atomic E-state index is 12.5. The molecule has 0 aliphatic carbocycles. The molecule has 3 rings (SSSR count). The maximum Gasteiger partial charge on any atom is 0.240 e. The van der Waals surface area contributed by atoms with E-state index in [4.69, 9.17) is 17.3 Å². The molecule has 6 heteroatoms. The van der Waals surface area contributed by atoms with E-state index in [1.165, 1.54) is 5.56 Å². The summed E-state index contributed by atoms with van der Waals surface area (Å²) >= 11 is 6.17. The second-order valence-corrected chi connectivity index (χ2v) is 7.86. The van der Waals surface area contributed by atoms with Crippen molar-refractivity contribution in [2.45, 2.75) is 44.7 Å². The maximum atomic E-state index is 12.5. The number of carbonyl (C=O) groups excluding carboxylic acids is 1. The number of hydrogen-bond donors (Lipinski definition) is 3. The van der Waals surface area contributed by atoms with Crippen LogP contribution in [0.3, 0.4) is 0 Å². The van der Waals surface area contributed by atoms with E-state index in [-0.39, 0.29) is 11.9 Å². The number of fused-ring (bicyclic) bond motifs is 1. The summed E-state index contributed by atoms with van der Waals surface area (Å²) in [6.45, 7) is 3.40. The van der Waals surface area contributed by atoms with Crippen molar-refractivity contribution in [3.63, 3.8) is 0 Å². The number of nitrogens with one attached hydrogen (secondary N) is 2. The van der Waals surface area contributed by atoms with E-state index in [1.807, 2.05) is 30.3 Å². The van der Waals surface area contributed by atoms with Crippen molar-refractivity contribution in [2.24, 2.45) is 5.73 Å². The van der Waals surface area contributed by atoms with Crippen LogP contribution in [-0.4, -0.2) is 21.6 Å². The van der Waals surface area contributed by atoms with E-state index in [1.54, 1.807) is 19.9 Å². The van der Waals surface area contributed by atoms with Crippen molar-refractivity contribution in [1.29, 1.82) is 0 Å². The van der Waals surface area contributed by atoms with Gasteiger partial charge in [-0.05, 0) is 56.9 Å². The van der Waals surface area contributed by atoms with Crippen LogP contribution in [0, 0.1) is 0 Å². The number of benzene rings is 2. The first-order chi connectivity index (χ1) is 12.8. The lowest BCUT2D eigenvalue weighted by atomic mass is 9.99. The second-order valence-electron chi connectivity index (χ2n) is 7.42. The number of halogens is 1. The van der Waals surface area contributed by atoms with Gasteiger partial charge in [-0.25, -0.2) is 0 Å². The van der Waals surface area contributed by atoms with Gasteiger partial charge in [-0.2, -0.15) is 5.10 Å². The van der Waals surface area contributed by atoms with Crippen molar-refractivity contribution >= 4 is 28.4 Å². The van der Waals surface area contributed by atoms with Gasteiger partial charge in [0, 0.05) is 10.4 Å². The molecule has 1 atom stereocenters. The average molecular weight is 385 g/mol. The lowest BCUT2D eigenvalue weighted by Gasteiger charge is -2.24. The predicted octanol–water partition coefficient (Wildman–Crippen LogP) is 4.13. The molecule has 0 fully saturated rings. The molecular weight excluding hydrogens is 360 g/mol. The van der Waals surface area contributed by atoms with Crippen LogP contribution >= 0.6 is 11.6 Å². The minimum absolute atomic E-state index is 0.197. The molecule has 1 unspecified atom stereocenters. The van der Waals surface area contributed by atoms with Crippen molar-refractivity contribution in [3.05, 3.63) is 64.8 Å². The summed E-state index contributed by atoms with van der Waals surface area (Å²) in [7, 11) is 0. The summed E-state index contributed by atoms with van der Waals surface area (Å²) < 4.78 is 0. The smallest absolute Gasteiger partial charge is 0.240 e. The fourth-order valence-electron chi connectivity index (χ4n) is 3.06. The summed E-state index contributed by atoms with van der Waals surface area (Å²) in [4.78, 5) is 12.5. The molecule has 0 saturated heterocycles. The van der Waals surface area contributed by atoms with Gasteiger partial charge in [0.2, 0.25) is 5.91 Å². The minimum atomic E-state index is -0.953. The highest BCUT2D eigenvalue weighted by Gasteiger charge is 2.27. The van der Waals surface area contributed by atoms with Crippen molar-refractivity contribution < 1.29 is 4.79 Å². The predicted molar refractivity (Wildman–Crippen MR) is 110 cm³/mol. The summed E-state index contributed by atoms with van der Waals surface area (Å²) in [6.07, 6.45) is 2.62. The highest BCUT2D eigenvalue weighted by atomic mass is 35.5. The molecule has 1 aromatic heterocycles. The molecule has 0 aliphatic rings. The number of nitrogens with two attached hydrogens (primary N) is 1. The molecule has 142 valence electrons. The molecule has 1 amide bonds. The number of amides is 1. The van der Waals surface area contributed by atoms with Crippen LogP contribution in [0.5, 0.6) is 0 Å². The Morgan fingerprint density at radius 2 is 2.00 bits per heavy atom. The molecule has 27 heavy (non-hydrogen) atoms. The standard InChI is InChI=1S/C21H25ClN4O/c1-21(2,23)20(27)24-18(10-6-9-14-7-4-3-5-8-14)19-16-13-15(22)11-12-17(16)25-26-19/h3-5,7-8,11-13,18H,6,9-10,23H2,1-2H3,(H,24,27)(H,25,26). The van der Waals surface area contributed by atoms with Crippen LogP contribution in [0.25, 0.3) is 10.9 Å². The largest absolute Gasteiger partial charge is 0.346 e. The molecule has 3 aromatic rings. The van der Waals surface area contributed by atoms with Crippen molar-refractivity contribution in [1.82, 2.24) is 15.5 Å². The van der Waals surface area contributed by atoms with E-state index < -0.39 is 5.54 Å². The van der Waals surface area contributed by atoms with Crippen molar-refractivity contribution in [2.75, 3.05) is 0 Å². The molecule has 1 heterocycles. The number of aromatic amines is 1. The van der Waals surface area contributed by atoms with Gasteiger partial charge in [0.05, 0.1) is 22.8 Å². The molecule has 2 aromatic carbocycles. The van der Waals surface area contributed by atoms with Gasteiger partial charge in [-0.3, -0.25) is 9.89 Å².